The molecule has 102 valence electrons. The summed E-state index contributed by atoms with van der Waals surface area (Å²) in [4.78, 5) is 2.35. The first-order valence-electron chi connectivity index (χ1n) is 6.80. The number of nitrogens with zero attached hydrogens (tertiary/aromatic N) is 1. The second-order valence-electron chi connectivity index (χ2n) is 4.57. The molecule has 3 heteroatoms. The standard InChI is InChI=1S/C15H26N2O/c1-4-14(16)12-13-8-6-7-9-15(13)17(5-2)10-11-18-3/h6-9,14H,4-5,10-12,16H2,1-3H3. The van der Waals surface area contributed by atoms with Crippen LogP contribution < -0.4 is 10.6 Å². The van der Waals surface area contributed by atoms with Gasteiger partial charge in [0.1, 0.15) is 0 Å². The van der Waals surface area contributed by atoms with Crippen molar-refractivity contribution in [1.29, 1.82) is 0 Å². The van der Waals surface area contributed by atoms with Crippen LogP contribution in [-0.4, -0.2) is 32.8 Å². The van der Waals surface area contributed by atoms with Crippen molar-refractivity contribution in [2.75, 3.05) is 31.7 Å². The average Bonchev–Trinajstić information content (AvgIpc) is 2.41. The summed E-state index contributed by atoms with van der Waals surface area (Å²) in [6, 6.07) is 8.78. The van der Waals surface area contributed by atoms with Crippen LogP contribution in [-0.2, 0) is 11.2 Å². The lowest BCUT2D eigenvalue weighted by atomic mass is 10.0. The molecule has 0 aliphatic carbocycles. The molecule has 0 spiro atoms. The van der Waals surface area contributed by atoms with E-state index in [0.29, 0.717) is 0 Å². The van der Waals surface area contributed by atoms with Gasteiger partial charge in [-0.15, -0.1) is 0 Å². The van der Waals surface area contributed by atoms with Crippen LogP contribution in [0.5, 0.6) is 0 Å². The van der Waals surface area contributed by atoms with Crippen LogP contribution >= 0.6 is 0 Å². The molecule has 0 heterocycles. The van der Waals surface area contributed by atoms with Crippen molar-refractivity contribution in [3.8, 4) is 0 Å². The Balaban J connectivity index is 2.84. The van der Waals surface area contributed by atoms with Crippen LogP contribution in [0.3, 0.4) is 0 Å². The highest BCUT2D eigenvalue weighted by molar-refractivity contribution is 5.53. The predicted molar refractivity (Wildman–Crippen MR) is 78.2 cm³/mol. The lowest BCUT2D eigenvalue weighted by Crippen LogP contribution is -2.29. The number of hydrogen-bond acceptors (Lipinski definition) is 3. The molecule has 1 aromatic carbocycles. The fourth-order valence-corrected chi connectivity index (χ4v) is 2.07. The maximum absolute atomic E-state index is 6.07. The summed E-state index contributed by atoms with van der Waals surface area (Å²) in [5, 5.41) is 0. The molecule has 0 aliphatic rings. The van der Waals surface area contributed by atoms with Crippen LogP contribution in [0.15, 0.2) is 24.3 Å². The SMILES string of the molecule is CCC(N)Cc1ccccc1N(CC)CCOC. The van der Waals surface area contributed by atoms with E-state index in [2.05, 4.69) is 43.0 Å². The molecule has 18 heavy (non-hydrogen) atoms. The van der Waals surface area contributed by atoms with Crippen molar-refractivity contribution >= 4 is 5.69 Å². The van der Waals surface area contributed by atoms with E-state index >= 15 is 0 Å². The number of rotatable bonds is 8. The van der Waals surface area contributed by atoms with E-state index in [4.69, 9.17) is 10.5 Å². The maximum Gasteiger partial charge on any atom is 0.0637 e. The number of methoxy groups -OCH3 is 1. The summed E-state index contributed by atoms with van der Waals surface area (Å²) < 4.78 is 5.17. The van der Waals surface area contributed by atoms with Gasteiger partial charge in [-0.25, -0.2) is 0 Å². The molecular weight excluding hydrogens is 224 g/mol. The van der Waals surface area contributed by atoms with Gasteiger partial charge in [-0.05, 0) is 31.4 Å². The Kier molecular flexibility index (Phi) is 6.76. The van der Waals surface area contributed by atoms with Gasteiger partial charge in [0.25, 0.3) is 0 Å². The highest BCUT2D eigenvalue weighted by Gasteiger charge is 2.11. The van der Waals surface area contributed by atoms with Gasteiger partial charge in [0.05, 0.1) is 6.61 Å². The van der Waals surface area contributed by atoms with E-state index in [0.717, 1.165) is 32.5 Å². The number of likely N-dealkylation sites (N-methyl/N-ethyl adjacent to an activating group) is 1. The Labute approximate surface area is 111 Å². The summed E-state index contributed by atoms with van der Waals surface area (Å²) in [7, 11) is 1.74. The molecule has 1 atom stereocenters. The third-order valence-electron chi connectivity index (χ3n) is 3.29. The van der Waals surface area contributed by atoms with Crippen LogP contribution in [0.1, 0.15) is 25.8 Å². The van der Waals surface area contributed by atoms with Crippen LogP contribution in [0.25, 0.3) is 0 Å². The van der Waals surface area contributed by atoms with E-state index in [1.165, 1.54) is 11.3 Å². The zero-order valence-corrected chi connectivity index (χ0v) is 11.9. The number of benzene rings is 1. The van der Waals surface area contributed by atoms with Crippen molar-refractivity contribution in [3.63, 3.8) is 0 Å². The normalized spacial score (nSPS) is 12.4. The smallest absolute Gasteiger partial charge is 0.0637 e. The Morgan fingerprint density at radius 3 is 2.61 bits per heavy atom. The number of para-hydroxylation sites is 1. The third kappa shape index (κ3) is 4.31. The van der Waals surface area contributed by atoms with E-state index in [-0.39, 0.29) is 6.04 Å². The zero-order chi connectivity index (χ0) is 13.4. The van der Waals surface area contributed by atoms with E-state index in [1.807, 2.05) is 0 Å². The number of anilines is 1. The first-order valence-corrected chi connectivity index (χ1v) is 6.80. The third-order valence-corrected chi connectivity index (χ3v) is 3.29. The highest BCUT2D eigenvalue weighted by atomic mass is 16.5. The quantitative estimate of drug-likeness (QED) is 0.770. The van der Waals surface area contributed by atoms with E-state index in [9.17, 15) is 0 Å². The molecule has 0 bridgehead atoms. The molecule has 0 saturated heterocycles. The summed E-state index contributed by atoms with van der Waals surface area (Å²) in [6.07, 6.45) is 1.95. The van der Waals surface area contributed by atoms with Gasteiger partial charge >= 0.3 is 0 Å². The van der Waals surface area contributed by atoms with E-state index in [1.54, 1.807) is 7.11 Å². The minimum Gasteiger partial charge on any atom is -0.383 e. The van der Waals surface area contributed by atoms with Crippen molar-refractivity contribution < 1.29 is 4.74 Å². The molecule has 0 radical (unpaired) electrons. The molecule has 0 aliphatic heterocycles. The van der Waals surface area contributed by atoms with Crippen molar-refractivity contribution in [1.82, 2.24) is 0 Å². The van der Waals surface area contributed by atoms with Crippen molar-refractivity contribution in [3.05, 3.63) is 29.8 Å². The molecule has 2 N–H and O–H groups in total. The number of hydrogen-bond donors (Lipinski definition) is 1. The van der Waals surface area contributed by atoms with Gasteiger partial charge in [0.15, 0.2) is 0 Å². The second kappa shape index (κ2) is 8.11. The molecule has 1 aromatic rings. The monoisotopic (exact) mass is 250 g/mol. The molecule has 0 fully saturated rings. The molecule has 0 aromatic heterocycles. The Hall–Kier alpha value is -1.06. The fourth-order valence-electron chi connectivity index (χ4n) is 2.07. The van der Waals surface area contributed by atoms with E-state index < -0.39 is 0 Å². The first-order chi connectivity index (χ1) is 8.72. The lowest BCUT2D eigenvalue weighted by molar-refractivity contribution is 0.205. The van der Waals surface area contributed by atoms with Crippen LogP contribution in [0, 0.1) is 0 Å². The fraction of sp³-hybridized carbons (Fsp3) is 0.600. The zero-order valence-electron chi connectivity index (χ0n) is 11.9. The highest BCUT2D eigenvalue weighted by Crippen LogP contribution is 2.21. The summed E-state index contributed by atoms with van der Waals surface area (Å²) in [5.74, 6) is 0. The molecular formula is C15H26N2O. The largest absolute Gasteiger partial charge is 0.383 e. The van der Waals surface area contributed by atoms with Gasteiger partial charge in [-0.1, -0.05) is 25.1 Å². The van der Waals surface area contributed by atoms with Crippen molar-refractivity contribution in [2.45, 2.75) is 32.7 Å². The molecule has 1 unspecified atom stereocenters. The Morgan fingerprint density at radius 2 is 2.00 bits per heavy atom. The number of nitrogens with two attached hydrogens (primary N) is 1. The van der Waals surface area contributed by atoms with Gasteiger partial charge in [0, 0.05) is 31.9 Å². The topological polar surface area (TPSA) is 38.5 Å². The summed E-state index contributed by atoms with van der Waals surface area (Å²) in [6.45, 7) is 6.97. The van der Waals surface area contributed by atoms with Gasteiger partial charge < -0.3 is 15.4 Å². The summed E-state index contributed by atoms with van der Waals surface area (Å²) in [5.41, 5.74) is 8.70. The summed E-state index contributed by atoms with van der Waals surface area (Å²) >= 11 is 0. The van der Waals surface area contributed by atoms with Crippen LogP contribution in [0.2, 0.25) is 0 Å². The molecule has 1 rings (SSSR count). The average molecular weight is 250 g/mol. The minimum atomic E-state index is 0.243. The van der Waals surface area contributed by atoms with Gasteiger partial charge in [-0.2, -0.15) is 0 Å². The molecule has 0 saturated carbocycles. The molecule has 0 amide bonds. The Bertz CT molecular complexity index is 341. The number of ether oxygens (including phenoxy) is 1. The predicted octanol–water partition coefficient (Wildman–Crippen LogP) is 2.44. The van der Waals surface area contributed by atoms with Gasteiger partial charge in [0.2, 0.25) is 0 Å². The first kappa shape index (κ1) is 15.0. The maximum atomic E-state index is 6.07. The minimum absolute atomic E-state index is 0.243. The molecule has 3 nitrogen and oxygen atoms in total. The Morgan fingerprint density at radius 1 is 1.28 bits per heavy atom. The van der Waals surface area contributed by atoms with Crippen LogP contribution in [0.4, 0.5) is 5.69 Å². The van der Waals surface area contributed by atoms with Crippen molar-refractivity contribution in [2.24, 2.45) is 5.73 Å². The second-order valence-corrected chi connectivity index (χ2v) is 4.57. The van der Waals surface area contributed by atoms with Gasteiger partial charge in [-0.3, -0.25) is 0 Å². The lowest BCUT2D eigenvalue weighted by Gasteiger charge is -2.26.